The molecule has 2 saturated heterocycles. The van der Waals surface area contributed by atoms with Gasteiger partial charge in [-0.25, -0.2) is 4.79 Å². The standard InChI is InChI=1S/C17H24N2O2/c20-17-19(12-4-5-14-8-10-18-11-9-14)16(13-21-17)15-6-2-1-3-7-15/h1-3,6-7,14,16,18H,4-5,8-13H2. The molecule has 4 nitrogen and oxygen atoms in total. The molecule has 4 heteroatoms. The van der Waals surface area contributed by atoms with Crippen LogP contribution in [0.2, 0.25) is 0 Å². The summed E-state index contributed by atoms with van der Waals surface area (Å²) in [5.41, 5.74) is 1.17. The minimum atomic E-state index is -0.158. The van der Waals surface area contributed by atoms with Crippen molar-refractivity contribution in [2.45, 2.75) is 31.7 Å². The highest BCUT2D eigenvalue weighted by Gasteiger charge is 2.33. The summed E-state index contributed by atoms with van der Waals surface area (Å²) < 4.78 is 5.25. The fourth-order valence-corrected chi connectivity index (χ4v) is 3.37. The summed E-state index contributed by atoms with van der Waals surface area (Å²) in [4.78, 5) is 13.8. The Morgan fingerprint density at radius 3 is 2.71 bits per heavy atom. The third-order valence-electron chi connectivity index (χ3n) is 4.63. The van der Waals surface area contributed by atoms with E-state index in [1.807, 2.05) is 23.1 Å². The average molecular weight is 288 g/mol. The summed E-state index contributed by atoms with van der Waals surface area (Å²) in [6, 6.07) is 10.3. The van der Waals surface area contributed by atoms with Crippen LogP contribution in [0.3, 0.4) is 0 Å². The van der Waals surface area contributed by atoms with E-state index in [-0.39, 0.29) is 12.1 Å². The van der Waals surface area contributed by atoms with Gasteiger partial charge >= 0.3 is 6.09 Å². The van der Waals surface area contributed by atoms with Gasteiger partial charge in [0, 0.05) is 6.54 Å². The Morgan fingerprint density at radius 1 is 1.19 bits per heavy atom. The van der Waals surface area contributed by atoms with Gasteiger partial charge in [0.15, 0.2) is 0 Å². The molecule has 2 heterocycles. The molecule has 1 N–H and O–H groups in total. The van der Waals surface area contributed by atoms with E-state index in [0.29, 0.717) is 6.61 Å². The molecule has 0 spiro atoms. The molecule has 0 aliphatic carbocycles. The van der Waals surface area contributed by atoms with Gasteiger partial charge in [0.2, 0.25) is 0 Å². The van der Waals surface area contributed by atoms with Gasteiger partial charge in [0.25, 0.3) is 0 Å². The number of benzene rings is 1. The maximum absolute atomic E-state index is 11.9. The molecule has 114 valence electrons. The number of piperidine rings is 1. The Hall–Kier alpha value is -1.55. The summed E-state index contributed by atoms with van der Waals surface area (Å²) in [6.45, 7) is 3.57. The largest absolute Gasteiger partial charge is 0.447 e. The lowest BCUT2D eigenvalue weighted by atomic mass is 9.93. The van der Waals surface area contributed by atoms with Crippen molar-refractivity contribution >= 4 is 6.09 Å². The van der Waals surface area contributed by atoms with Crippen molar-refractivity contribution in [1.29, 1.82) is 0 Å². The summed E-state index contributed by atoms with van der Waals surface area (Å²) in [6.07, 6.45) is 4.67. The van der Waals surface area contributed by atoms with Crippen molar-refractivity contribution in [2.24, 2.45) is 5.92 Å². The minimum absolute atomic E-state index is 0.0896. The van der Waals surface area contributed by atoms with Crippen LogP contribution in [0.15, 0.2) is 30.3 Å². The Bertz CT molecular complexity index is 457. The lowest BCUT2D eigenvalue weighted by Crippen LogP contribution is -2.30. The molecule has 0 bridgehead atoms. The topological polar surface area (TPSA) is 41.6 Å². The number of hydrogen-bond donors (Lipinski definition) is 1. The quantitative estimate of drug-likeness (QED) is 0.905. The number of hydrogen-bond acceptors (Lipinski definition) is 3. The first-order valence-electron chi connectivity index (χ1n) is 8.03. The number of cyclic esters (lactones) is 1. The molecule has 3 rings (SSSR count). The van der Waals surface area contributed by atoms with Gasteiger partial charge in [0.1, 0.15) is 6.61 Å². The fourth-order valence-electron chi connectivity index (χ4n) is 3.37. The van der Waals surface area contributed by atoms with E-state index >= 15 is 0 Å². The molecule has 2 fully saturated rings. The van der Waals surface area contributed by atoms with E-state index in [2.05, 4.69) is 17.4 Å². The third kappa shape index (κ3) is 3.56. The average Bonchev–Trinajstić information content (AvgIpc) is 2.91. The van der Waals surface area contributed by atoms with Crippen LogP contribution in [0.5, 0.6) is 0 Å². The number of nitrogens with one attached hydrogen (secondary N) is 1. The van der Waals surface area contributed by atoms with Crippen molar-refractivity contribution < 1.29 is 9.53 Å². The molecule has 0 aromatic heterocycles. The summed E-state index contributed by atoms with van der Waals surface area (Å²) in [5.74, 6) is 0.819. The second-order valence-corrected chi connectivity index (χ2v) is 6.03. The third-order valence-corrected chi connectivity index (χ3v) is 4.63. The van der Waals surface area contributed by atoms with Crippen LogP contribution in [0.25, 0.3) is 0 Å². The zero-order valence-electron chi connectivity index (χ0n) is 12.5. The number of carbonyl (C=O) groups is 1. The zero-order valence-corrected chi connectivity index (χ0v) is 12.5. The van der Waals surface area contributed by atoms with Crippen LogP contribution < -0.4 is 5.32 Å². The van der Waals surface area contributed by atoms with E-state index < -0.39 is 0 Å². The SMILES string of the molecule is O=C1OCC(c2ccccc2)N1CCCC1CCNCC1. The molecule has 1 atom stereocenters. The van der Waals surface area contributed by atoms with E-state index in [1.54, 1.807) is 0 Å². The van der Waals surface area contributed by atoms with Crippen molar-refractivity contribution in [2.75, 3.05) is 26.2 Å². The van der Waals surface area contributed by atoms with Crippen LogP contribution in [0.4, 0.5) is 4.79 Å². The Kier molecular flexibility index (Phi) is 4.76. The highest BCUT2D eigenvalue weighted by atomic mass is 16.6. The van der Waals surface area contributed by atoms with Crippen molar-refractivity contribution in [3.63, 3.8) is 0 Å². The summed E-state index contributed by atoms with van der Waals surface area (Å²) in [5, 5.41) is 3.40. The molecule has 2 aliphatic rings. The highest BCUT2D eigenvalue weighted by Crippen LogP contribution is 2.28. The second-order valence-electron chi connectivity index (χ2n) is 6.03. The van der Waals surface area contributed by atoms with Gasteiger partial charge in [-0.3, -0.25) is 4.90 Å². The Labute approximate surface area is 126 Å². The van der Waals surface area contributed by atoms with E-state index in [1.165, 1.54) is 24.8 Å². The lowest BCUT2D eigenvalue weighted by Gasteiger charge is -2.25. The van der Waals surface area contributed by atoms with Gasteiger partial charge < -0.3 is 10.1 Å². The predicted octanol–water partition coefficient (Wildman–Crippen LogP) is 2.96. The molecular weight excluding hydrogens is 264 g/mol. The van der Waals surface area contributed by atoms with Crippen LogP contribution in [0.1, 0.15) is 37.3 Å². The zero-order chi connectivity index (χ0) is 14.5. The molecule has 0 radical (unpaired) electrons. The van der Waals surface area contributed by atoms with Crippen molar-refractivity contribution in [1.82, 2.24) is 10.2 Å². The highest BCUT2D eigenvalue weighted by molar-refractivity contribution is 5.70. The first-order valence-corrected chi connectivity index (χ1v) is 8.03. The van der Waals surface area contributed by atoms with Gasteiger partial charge in [-0.05, 0) is 50.3 Å². The van der Waals surface area contributed by atoms with Gasteiger partial charge in [-0.15, -0.1) is 0 Å². The molecule has 1 aromatic carbocycles. The van der Waals surface area contributed by atoms with Crippen LogP contribution in [0, 0.1) is 5.92 Å². The number of ether oxygens (including phenoxy) is 1. The number of carbonyl (C=O) groups excluding carboxylic acids is 1. The molecule has 1 amide bonds. The fraction of sp³-hybridized carbons (Fsp3) is 0.588. The monoisotopic (exact) mass is 288 g/mol. The Balaban J connectivity index is 1.53. The molecule has 21 heavy (non-hydrogen) atoms. The molecular formula is C17H24N2O2. The first kappa shape index (κ1) is 14.4. The first-order chi connectivity index (χ1) is 10.3. The van der Waals surface area contributed by atoms with Crippen molar-refractivity contribution in [3.05, 3.63) is 35.9 Å². The van der Waals surface area contributed by atoms with Gasteiger partial charge in [-0.2, -0.15) is 0 Å². The van der Waals surface area contributed by atoms with Crippen LogP contribution in [-0.2, 0) is 4.74 Å². The number of rotatable bonds is 5. The van der Waals surface area contributed by atoms with E-state index in [0.717, 1.165) is 32.0 Å². The molecule has 1 aromatic rings. The summed E-state index contributed by atoms with van der Waals surface area (Å²) >= 11 is 0. The smallest absolute Gasteiger partial charge is 0.410 e. The van der Waals surface area contributed by atoms with Crippen LogP contribution >= 0.6 is 0 Å². The normalized spacial score (nSPS) is 23.3. The number of nitrogens with zero attached hydrogens (tertiary/aromatic N) is 1. The lowest BCUT2D eigenvalue weighted by molar-refractivity contribution is 0.156. The minimum Gasteiger partial charge on any atom is -0.447 e. The molecule has 0 saturated carbocycles. The van der Waals surface area contributed by atoms with Gasteiger partial charge in [0.05, 0.1) is 6.04 Å². The van der Waals surface area contributed by atoms with Crippen molar-refractivity contribution in [3.8, 4) is 0 Å². The second kappa shape index (κ2) is 6.94. The molecule has 2 aliphatic heterocycles. The number of amides is 1. The van der Waals surface area contributed by atoms with Gasteiger partial charge in [-0.1, -0.05) is 30.3 Å². The van der Waals surface area contributed by atoms with E-state index in [9.17, 15) is 4.79 Å². The maximum atomic E-state index is 11.9. The van der Waals surface area contributed by atoms with E-state index in [4.69, 9.17) is 4.74 Å². The Morgan fingerprint density at radius 2 is 1.95 bits per heavy atom. The van der Waals surface area contributed by atoms with Crippen LogP contribution in [-0.4, -0.2) is 37.2 Å². The predicted molar refractivity (Wildman–Crippen MR) is 82.1 cm³/mol. The molecule has 1 unspecified atom stereocenters. The summed E-state index contributed by atoms with van der Waals surface area (Å²) in [7, 11) is 0. The maximum Gasteiger partial charge on any atom is 0.410 e.